The lowest BCUT2D eigenvalue weighted by Crippen LogP contribution is -2.23. The van der Waals surface area contributed by atoms with Gasteiger partial charge in [-0.15, -0.1) is 0 Å². The summed E-state index contributed by atoms with van der Waals surface area (Å²) in [5, 5.41) is 0. The van der Waals surface area contributed by atoms with Crippen molar-refractivity contribution in [2.45, 2.75) is 54.1 Å². The van der Waals surface area contributed by atoms with Crippen molar-refractivity contribution in [2.24, 2.45) is 0 Å². The second kappa shape index (κ2) is 9.36. The highest BCUT2D eigenvalue weighted by atomic mass is 16.6. The molecule has 0 aliphatic rings. The maximum Gasteiger partial charge on any atom is 0.333 e. The smallest absolute Gasteiger partial charge is 0.333 e. The van der Waals surface area contributed by atoms with E-state index >= 15 is 0 Å². The van der Waals surface area contributed by atoms with E-state index in [-0.39, 0.29) is 11.9 Å². The van der Waals surface area contributed by atoms with Crippen LogP contribution in [-0.2, 0) is 19.1 Å². The molecule has 0 aromatic rings. The van der Waals surface area contributed by atoms with E-state index in [9.17, 15) is 9.59 Å². The molecular formula is C15H26O4. The lowest BCUT2D eigenvalue weighted by atomic mass is 10.2. The summed E-state index contributed by atoms with van der Waals surface area (Å²) in [5.74, 6) is -0.549. The van der Waals surface area contributed by atoms with E-state index < -0.39 is 5.60 Å². The van der Waals surface area contributed by atoms with Gasteiger partial charge in [-0.05, 0) is 48.5 Å². The first kappa shape index (κ1) is 19.8. The fourth-order valence-corrected chi connectivity index (χ4v) is 0.728. The van der Waals surface area contributed by atoms with Crippen molar-refractivity contribution in [1.82, 2.24) is 0 Å². The predicted octanol–water partition coefficient (Wildman–Crippen LogP) is 3.42. The van der Waals surface area contributed by atoms with E-state index in [1.165, 1.54) is 0 Å². The average Bonchev–Trinajstić information content (AvgIpc) is 2.26. The van der Waals surface area contributed by atoms with Crippen molar-refractivity contribution in [3.8, 4) is 0 Å². The van der Waals surface area contributed by atoms with Gasteiger partial charge in [0.2, 0.25) is 0 Å². The highest BCUT2D eigenvalue weighted by molar-refractivity contribution is 5.87. The van der Waals surface area contributed by atoms with Gasteiger partial charge in [-0.2, -0.15) is 0 Å². The van der Waals surface area contributed by atoms with Crippen LogP contribution in [0.2, 0.25) is 0 Å². The van der Waals surface area contributed by atoms with Crippen LogP contribution in [0, 0.1) is 0 Å². The third kappa shape index (κ3) is 12.7. The summed E-state index contributed by atoms with van der Waals surface area (Å²) in [5.41, 5.74) is 0.697. The molecule has 4 nitrogen and oxygen atoms in total. The summed E-state index contributed by atoms with van der Waals surface area (Å²) in [7, 11) is 0. The Morgan fingerprint density at radius 3 is 1.84 bits per heavy atom. The van der Waals surface area contributed by atoms with E-state index in [1.807, 2.05) is 27.7 Å². The van der Waals surface area contributed by atoms with E-state index in [1.54, 1.807) is 26.8 Å². The van der Waals surface area contributed by atoms with Gasteiger partial charge in [-0.1, -0.05) is 12.7 Å². The second-order valence-corrected chi connectivity index (χ2v) is 4.97. The number of hydrogen-bond acceptors (Lipinski definition) is 4. The Hall–Kier alpha value is -1.58. The Bertz CT molecular complexity index is 346. The molecule has 0 fully saturated rings. The molecule has 0 saturated heterocycles. The van der Waals surface area contributed by atoms with Crippen LogP contribution in [0.15, 0.2) is 23.8 Å². The largest absolute Gasteiger partial charge is 0.463 e. The van der Waals surface area contributed by atoms with Crippen LogP contribution in [0.4, 0.5) is 0 Å². The van der Waals surface area contributed by atoms with Gasteiger partial charge in [0.05, 0.1) is 6.61 Å². The molecule has 110 valence electrons. The molecule has 0 bridgehead atoms. The quantitative estimate of drug-likeness (QED) is 0.582. The number of carbonyl (C=O) groups is 2. The fraction of sp³-hybridized carbons (Fsp3) is 0.600. The van der Waals surface area contributed by atoms with E-state index in [2.05, 4.69) is 11.3 Å². The summed E-state index contributed by atoms with van der Waals surface area (Å²) < 4.78 is 9.65. The molecule has 0 aromatic heterocycles. The lowest BCUT2D eigenvalue weighted by Gasteiger charge is -2.19. The second-order valence-electron chi connectivity index (χ2n) is 4.97. The number of esters is 2. The third-order valence-corrected chi connectivity index (χ3v) is 1.78. The normalized spacial score (nSPS) is 11.0. The third-order valence-electron chi connectivity index (χ3n) is 1.78. The number of ether oxygens (including phenoxy) is 2. The summed E-state index contributed by atoms with van der Waals surface area (Å²) in [6, 6.07) is 0. The molecule has 0 amide bonds. The minimum atomic E-state index is -0.407. The van der Waals surface area contributed by atoms with Crippen LogP contribution in [0.1, 0.15) is 48.5 Å². The standard InChI is InChI=1S/C8H14O2.C7H12O2/c1-6(2)7(9)10-8(3,4)5;1-4-6(3)7(8)9-5-2/h1H2,2-5H3;4H,5H2,1-3H3. The van der Waals surface area contributed by atoms with Crippen LogP contribution in [0.25, 0.3) is 0 Å². The number of allylic oxidation sites excluding steroid dienone is 1. The van der Waals surface area contributed by atoms with Crippen molar-refractivity contribution in [3.05, 3.63) is 23.8 Å². The maximum absolute atomic E-state index is 10.8. The van der Waals surface area contributed by atoms with Crippen LogP contribution in [0.3, 0.4) is 0 Å². The van der Waals surface area contributed by atoms with Gasteiger partial charge in [-0.25, -0.2) is 9.59 Å². The Morgan fingerprint density at radius 1 is 1.16 bits per heavy atom. The molecule has 19 heavy (non-hydrogen) atoms. The SMILES string of the molecule is C=C(C)C(=O)OC(C)(C)C.CC=C(C)C(=O)OCC. The Balaban J connectivity index is 0. The van der Waals surface area contributed by atoms with Crippen LogP contribution >= 0.6 is 0 Å². The molecule has 0 rings (SSSR count). The molecule has 4 heteroatoms. The summed E-state index contributed by atoms with van der Waals surface area (Å²) in [6.07, 6.45) is 1.73. The van der Waals surface area contributed by atoms with E-state index in [0.29, 0.717) is 17.8 Å². The molecule has 0 radical (unpaired) electrons. The molecule has 0 unspecified atom stereocenters. The van der Waals surface area contributed by atoms with E-state index in [0.717, 1.165) is 0 Å². The maximum atomic E-state index is 10.8. The number of hydrogen-bond donors (Lipinski definition) is 0. The molecule has 0 heterocycles. The molecule has 0 N–H and O–H groups in total. The zero-order valence-electron chi connectivity index (χ0n) is 13.1. The molecule has 0 aromatic carbocycles. The van der Waals surface area contributed by atoms with Gasteiger partial charge in [-0.3, -0.25) is 0 Å². The van der Waals surface area contributed by atoms with Crippen molar-refractivity contribution >= 4 is 11.9 Å². The van der Waals surface area contributed by atoms with Crippen LogP contribution in [0.5, 0.6) is 0 Å². The predicted molar refractivity (Wildman–Crippen MR) is 76.7 cm³/mol. The molecule has 0 aliphatic heterocycles. The topological polar surface area (TPSA) is 52.6 Å². The van der Waals surface area contributed by atoms with Crippen LogP contribution in [-0.4, -0.2) is 24.1 Å². The molecular weight excluding hydrogens is 244 g/mol. The Labute approximate surface area is 116 Å². The first-order valence-corrected chi connectivity index (χ1v) is 6.24. The first-order valence-electron chi connectivity index (χ1n) is 6.24. The van der Waals surface area contributed by atoms with Crippen LogP contribution < -0.4 is 0 Å². The number of rotatable bonds is 3. The summed E-state index contributed by atoms with van der Waals surface area (Å²) in [6.45, 7) is 16.4. The van der Waals surface area contributed by atoms with Crippen molar-refractivity contribution < 1.29 is 19.1 Å². The van der Waals surface area contributed by atoms with Gasteiger partial charge in [0.1, 0.15) is 5.60 Å². The summed E-state index contributed by atoms with van der Waals surface area (Å²) >= 11 is 0. The van der Waals surface area contributed by atoms with E-state index in [4.69, 9.17) is 4.74 Å². The van der Waals surface area contributed by atoms with Crippen molar-refractivity contribution in [1.29, 1.82) is 0 Å². The highest BCUT2D eigenvalue weighted by Crippen LogP contribution is 2.09. The van der Waals surface area contributed by atoms with Gasteiger partial charge < -0.3 is 9.47 Å². The zero-order chi connectivity index (χ0) is 15.6. The molecule has 0 spiro atoms. The van der Waals surface area contributed by atoms with Gasteiger partial charge in [0.25, 0.3) is 0 Å². The van der Waals surface area contributed by atoms with Gasteiger partial charge >= 0.3 is 11.9 Å². The average molecular weight is 270 g/mol. The molecule has 0 aliphatic carbocycles. The number of carbonyl (C=O) groups excluding carboxylic acids is 2. The lowest BCUT2D eigenvalue weighted by molar-refractivity contribution is -0.149. The summed E-state index contributed by atoms with van der Waals surface area (Å²) in [4.78, 5) is 21.5. The fourth-order valence-electron chi connectivity index (χ4n) is 0.728. The van der Waals surface area contributed by atoms with Crippen molar-refractivity contribution in [2.75, 3.05) is 6.61 Å². The monoisotopic (exact) mass is 270 g/mol. The first-order chi connectivity index (χ1) is 8.55. The highest BCUT2D eigenvalue weighted by Gasteiger charge is 2.15. The molecule has 0 saturated carbocycles. The molecule has 0 atom stereocenters. The van der Waals surface area contributed by atoms with Gasteiger partial charge in [0, 0.05) is 11.1 Å². The Morgan fingerprint density at radius 2 is 1.63 bits per heavy atom. The Kier molecular flexibility index (Phi) is 9.73. The zero-order valence-corrected chi connectivity index (χ0v) is 13.1. The van der Waals surface area contributed by atoms with Gasteiger partial charge in [0.15, 0.2) is 0 Å². The minimum Gasteiger partial charge on any atom is -0.463 e. The minimum absolute atomic E-state index is 0.222. The van der Waals surface area contributed by atoms with Crippen molar-refractivity contribution in [3.63, 3.8) is 0 Å².